The fourth-order valence-corrected chi connectivity index (χ4v) is 1.53. The summed E-state index contributed by atoms with van der Waals surface area (Å²) >= 11 is 0. The number of hydrogen-bond acceptors (Lipinski definition) is 3. The van der Waals surface area contributed by atoms with Crippen molar-refractivity contribution in [2.75, 3.05) is 17.6 Å². The van der Waals surface area contributed by atoms with Crippen LogP contribution in [0.3, 0.4) is 0 Å². The zero-order valence-electron chi connectivity index (χ0n) is 9.96. The first-order valence-electron chi connectivity index (χ1n) is 5.67. The molecule has 0 spiro atoms. The average Bonchev–Trinajstić information content (AvgIpc) is 2.25. The number of nitrogens with zero attached hydrogens (tertiary/aromatic N) is 1. The van der Waals surface area contributed by atoms with Crippen molar-refractivity contribution in [2.24, 2.45) is 5.92 Å². The molecule has 1 aromatic rings. The summed E-state index contributed by atoms with van der Waals surface area (Å²) < 4.78 is 0. The van der Waals surface area contributed by atoms with Gasteiger partial charge in [0.1, 0.15) is 0 Å². The van der Waals surface area contributed by atoms with E-state index in [1.165, 1.54) is 6.42 Å². The summed E-state index contributed by atoms with van der Waals surface area (Å²) in [6, 6.07) is 7.41. The quantitative estimate of drug-likeness (QED) is 0.588. The Morgan fingerprint density at radius 1 is 1.44 bits per heavy atom. The number of hydrogen-bond donors (Lipinski definition) is 2. The molecule has 0 bridgehead atoms. The topological polar surface area (TPSA) is 61.8 Å². The molecule has 0 aliphatic carbocycles. The lowest BCUT2D eigenvalue weighted by atomic mass is 10.1. The van der Waals surface area contributed by atoms with Crippen LogP contribution in [0.2, 0.25) is 0 Å². The summed E-state index contributed by atoms with van der Waals surface area (Å²) in [6.45, 7) is 5.36. The lowest BCUT2D eigenvalue weighted by molar-refractivity contribution is 0.567. The molecule has 0 unspecified atom stereocenters. The molecule has 0 amide bonds. The van der Waals surface area contributed by atoms with E-state index >= 15 is 0 Å². The molecule has 16 heavy (non-hydrogen) atoms. The van der Waals surface area contributed by atoms with Crippen LogP contribution >= 0.6 is 0 Å². The Morgan fingerprint density at radius 3 is 2.75 bits per heavy atom. The molecule has 1 aromatic carbocycles. The molecule has 0 saturated heterocycles. The van der Waals surface area contributed by atoms with E-state index in [0.29, 0.717) is 11.3 Å². The Morgan fingerprint density at radius 2 is 2.19 bits per heavy atom. The number of nitrogens with two attached hydrogens (primary N) is 1. The second-order valence-corrected chi connectivity index (χ2v) is 4.38. The van der Waals surface area contributed by atoms with Gasteiger partial charge in [0.05, 0.1) is 23.0 Å². The first-order chi connectivity index (χ1) is 7.63. The maximum absolute atomic E-state index is 8.70. The van der Waals surface area contributed by atoms with Crippen molar-refractivity contribution in [3.05, 3.63) is 23.8 Å². The third-order valence-corrected chi connectivity index (χ3v) is 2.45. The van der Waals surface area contributed by atoms with Crippen molar-refractivity contribution >= 4 is 11.4 Å². The van der Waals surface area contributed by atoms with Crippen LogP contribution in [0.5, 0.6) is 0 Å². The first-order valence-corrected chi connectivity index (χ1v) is 5.67. The minimum Gasteiger partial charge on any atom is -0.397 e. The smallest absolute Gasteiger partial charge is 0.0992 e. The number of nitrogen functional groups attached to an aromatic ring is 1. The standard InChI is InChI=1S/C13H19N3/c1-10(2)4-3-7-16-13-6-5-11(9-14)8-12(13)15/h5-6,8,10,16H,3-4,7,15H2,1-2H3. The molecule has 0 aliphatic rings. The molecular weight excluding hydrogens is 198 g/mol. The third kappa shape index (κ3) is 3.82. The van der Waals surface area contributed by atoms with Crippen LogP contribution in [0.15, 0.2) is 18.2 Å². The van der Waals surface area contributed by atoms with Crippen LogP contribution in [0, 0.1) is 17.2 Å². The summed E-state index contributed by atoms with van der Waals surface area (Å²) in [6.07, 6.45) is 2.35. The van der Waals surface area contributed by atoms with Gasteiger partial charge >= 0.3 is 0 Å². The highest BCUT2D eigenvalue weighted by Crippen LogP contribution is 2.19. The van der Waals surface area contributed by atoms with Gasteiger partial charge in [-0.05, 0) is 37.0 Å². The normalized spacial score (nSPS) is 10.1. The highest BCUT2D eigenvalue weighted by atomic mass is 14.9. The Hall–Kier alpha value is -1.69. The van der Waals surface area contributed by atoms with Gasteiger partial charge in [-0.2, -0.15) is 5.26 Å². The molecule has 86 valence electrons. The van der Waals surface area contributed by atoms with Crippen LogP contribution in [-0.4, -0.2) is 6.54 Å². The van der Waals surface area contributed by atoms with Crippen LogP contribution in [0.1, 0.15) is 32.3 Å². The molecule has 0 radical (unpaired) electrons. The van der Waals surface area contributed by atoms with Crippen LogP contribution in [0.25, 0.3) is 0 Å². The highest BCUT2D eigenvalue weighted by Gasteiger charge is 2.00. The zero-order chi connectivity index (χ0) is 12.0. The molecule has 0 fully saturated rings. The molecule has 3 N–H and O–H groups in total. The highest BCUT2D eigenvalue weighted by molar-refractivity contribution is 5.68. The maximum atomic E-state index is 8.70. The van der Waals surface area contributed by atoms with Crippen LogP contribution in [0.4, 0.5) is 11.4 Å². The van der Waals surface area contributed by atoms with Gasteiger partial charge in [-0.1, -0.05) is 13.8 Å². The van der Waals surface area contributed by atoms with Crippen molar-refractivity contribution in [3.63, 3.8) is 0 Å². The van der Waals surface area contributed by atoms with E-state index in [1.807, 2.05) is 6.07 Å². The molecule has 0 saturated carbocycles. The predicted octanol–water partition coefficient (Wildman–Crippen LogP) is 2.99. The molecule has 0 aliphatic heterocycles. The second-order valence-electron chi connectivity index (χ2n) is 4.38. The van der Waals surface area contributed by atoms with Gasteiger partial charge in [-0.15, -0.1) is 0 Å². The predicted molar refractivity (Wildman–Crippen MR) is 68.1 cm³/mol. The molecule has 3 nitrogen and oxygen atoms in total. The van der Waals surface area contributed by atoms with Crippen LogP contribution < -0.4 is 11.1 Å². The first kappa shape index (κ1) is 12.4. The fourth-order valence-electron chi connectivity index (χ4n) is 1.53. The Bertz CT molecular complexity index is 377. The largest absolute Gasteiger partial charge is 0.397 e. The Labute approximate surface area is 97.3 Å². The van der Waals surface area contributed by atoms with Gasteiger partial charge in [-0.3, -0.25) is 0 Å². The van der Waals surface area contributed by atoms with Gasteiger partial charge in [0.2, 0.25) is 0 Å². The van der Waals surface area contributed by atoms with Crippen molar-refractivity contribution in [1.29, 1.82) is 5.26 Å². The van der Waals surface area contributed by atoms with E-state index in [-0.39, 0.29) is 0 Å². The van der Waals surface area contributed by atoms with Gasteiger partial charge in [0, 0.05) is 6.54 Å². The summed E-state index contributed by atoms with van der Waals surface area (Å²) in [7, 11) is 0. The lowest BCUT2D eigenvalue weighted by Gasteiger charge is -2.10. The Kier molecular flexibility index (Phi) is 4.65. The monoisotopic (exact) mass is 217 g/mol. The number of anilines is 2. The van der Waals surface area contributed by atoms with Crippen molar-refractivity contribution < 1.29 is 0 Å². The van der Waals surface area contributed by atoms with Crippen molar-refractivity contribution in [3.8, 4) is 6.07 Å². The third-order valence-electron chi connectivity index (χ3n) is 2.45. The molecule has 0 atom stereocenters. The molecule has 0 aromatic heterocycles. The van der Waals surface area contributed by atoms with Crippen LogP contribution in [-0.2, 0) is 0 Å². The molecular formula is C13H19N3. The van der Waals surface area contributed by atoms with Crippen molar-refractivity contribution in [1.82, 2.24) is 0 Å². The van der Waals surface area contributed by atoms with E-state index in [2.05, 4.69) is 25.2 Å². The SMILES string of the molecule is CC(C)CCCNc1ccc(C#N)cc1N. The summed E-state index contributed by atoms with van der Waals surface area (Å²) in [5.74, 6) is 0.736. The average molecular weight is 217 g/mol. The molecule has 3 heteroatoms. The Balaban J connectivity index is 2.46. The lowest BCUT2D eigenvalue weighted by Crippen LogP contribution is -2.05. The summed E-state index contributed by atoms with van der Waals surface area (Å²) in [4.78, 5) is 0. The van der Waals surface area contributed by atoms with E-state index in [9.17, 15) is 0 Å². The van der Waals surface area contributed by atoms with Crippen molar-refractivity contribution in [2.45, 2.75) is 26.7 Å². The van der Waals surface area contributed by atoms with Gasteiger partial charge in [0.25, 0.3) is 0 Å². The van der Waals surface area contributed by atoms with Gasteiger partial charge in [0.15, 0.2) is 0 Å². The fraction of sp³-hybridized carbons (Fsp3) is 0.462. The second kappa shape index (κ2) is 6.02. The number of nitriles is 1. The minimum atomic E-state index is 0.602. The molecule has 1 rings (SSSR count). The number of nitrogens with one attached hydrogen (secondary N) is 1. The number of benzene rings is 1. The zero-order valence-corrected chi connectivity index (χ0v) is 9.96. The van der Waals surface area contributed by atoms with Gasteiger partial charge in [-0.25, -0.2) is 0 Å². The van der Waals surface area contributed by atoms with E-state index < -0.39 is 0 Å². The summed E-state index contributed by atoms with van der Waals surface area (Å²) in [5.41, 5.74) is 7.99. The van der Waals surface area contributed by atoms with E-state index in [1.54, 1.807) is 12.1 Å². The van der Waals surface area contributed by atoms with Gasteiger partial charge < -0.3 is 11.1 Å². The minimum absolute atomic E-state index is 0.602. The summed E-state index contributed by atoms with van der Waals surface area (Å²) in [5, 5.41) is 12.0. The maximum Gasteiger partial charge on any atom is 0.0992 e. The molecule has 0 heterocycles. The number of rotatable bonds is 5. The van der Waals surface area contributed by atoms with E-state index in [0.717, 1.165) is 24.6 Å². The van der Waals surface area contributed by atoms with E-state index in [4.69, 9.17) is 11.0 Å².